The zero-order valence-electron chi connectivity index (χ0n) is 16.8. The molecule has 28 heavy (non-hydrogen) atoms. The van der Waals surface area contributed by atoms with Crippen LogP contribution in [0.2, 0.25) is 0 Å². The van der Waals surface area contributed by atoms with Crippen molar-refractivity contribution in [3.05, 3.63) is 29.8 Å². The molecule has 2 fully saturated rings. The van der Waals surface area contributed by atoms with Gasteiger partial charge >= 0.3 is 5.97 Å². The molecule has 1 N–H and O–H groups in total. The number of ether oxygens (including phenoxy) is 3. The summed E-state index contributed by atoms with van der Waals surface area (Å²) in [5.41, 5.74) is 0.717. The Balaban J connectivity index is 1.45. The Morgan fingerprint density at radius 3 is 2.68 bits per heavy atom. The van der Waals surface area contributed by atoms with E-state index in [2.05, 4.69) is 12.2 Å². The van der Waals surface area contributed by atoms with Crippen molar-refractivity contribution in [1.82, 2.24) is 5.32 Å². The van der Waals surface area contributed by atoms with Gasteiger partial charge in [-0.15, -0.1) is 0 Å². The SMILES string of the molecule is COc1ccc(/C=C/C(=O)OCC(=O)NC(C)C2CC3CCC2C3)c(OC)c1. The van der Waals surface area contributed by atoms with Crippen LogP contribution in [0.5, 0.6) is 11.5 Å². The summed E-state index contributed by atoms with van der Waals surface area (Å²) in [5.74, 6) is 2.57. The molecule has 2 bridgehead atoms. The molecule has 6 heteroatoms. The lowest BCUT2D eigenvalue weighted by molar-refractivity contribution is -0.144. The molecule has 2 aliphatic rings. The summed E-state index contributed by atoms with van der Waals surface area (Å²) in [4.78, 5) is 24.1. The van der Waals surface area contributed by atoms with E-state index in [1.807, 2.05) is 0 Å². The summed E-state index contributed by atoms with van der Waals surface area (Å²) in [7, 11) is 3.12. The zero-order chi connectivity index (χ0) is 20.1. The highest BCUT2D eigenvalue weighted by Crippen LogP contribution is 2.49. The van der Waals surface area contributed by atoms with Crippen molar-refractivity contribution in [1.29, 1.82) is 0 Å². The number of amides is 1. The summed E-state index contributed by atoms with van der Waals surface area (Å²) < 4.78 is 15.5. The van der Waals surface area contributed by atoms with E-state index >= 15 is 0 Å². The fourth-order valence-corrected chi connectivity index (χ4v) is 4.61. The maximum absolute atomic E-state index is 12.1. The van der Waals surface area contributed by atoms with Crippen LogP contribution in [0, 0.1) is 17.8 Å². The molecule has 0 aliphatic heterocycles. The first-order chi connectivity index (χ1) is 13.5. The van der Waals surface area contributed by atoms with Crippen LogP contribution in [-0.2, 0) is 14.3 Å². The number of methoxy groups -OCH3 is 2. The summed E-state index contributed by atoms with van der Waals surface area (Å²) >= 11 is 0. The van der Waals surface area contributed by atoms with E-state index in [0.717, 1.165) is 17.4 Å². The van der Waals surface area contributed by atoms with E-state index in [1.54, 1.807) is 38.5 Å². The Kier molecular flexibility index (Phi) is 6.60. The van der Waals surface area contributed by atoms with Crippen molar-refractivity contribution in [2.75, 3.05) is 20.8 Å². The molecule has 0 spiro atoms. The Morgan fingerprint density at radius 2 is 2.04 bits per heavy atom. The Morgan fingerprint density at radius 1 is 1.21 bits per heavy atom. The van der Waals surface area contributed by atoms with Gasteiger partial charge in [-0.1, -0.05) is 6.42 Å². The third kappa shape index (κ3) is 4.86. The largest absolute Gasteiger partial charge is 0.497 e. The van der Waals surface area contributed by atoms with E-state index in [-0.39, 0.29) is 18.6 Å². The standard InChI is InChI=1S/C22H29NO5/c1-14(19-11-15-4-5-17(19)10-15)23-21(24)13-28-22(25)9-7-16-6-8-18(26-2)12-20(16)27-3/h6-9,12,14-15,17,19H,4-5,10-11,13H2,1-3H3,(H,23,24)/b9-7+. The van der Waals surface area contributed by atoms with Crippen LogP contribution in [-0.4, -0.2) is 38.7 Å². The number of hydrogen-bond acceptors (Lipinski definition) is 5. The van der Waals surface area contributed by atoms with Crippen molar-refractivity contribution in [2.45, 2.75) is 38.6 Å². The first-order valence-electron chi connectivity index (χ1n) is 9.86. The molecule has 0 aromatic heterocycles. The molecule has 1 amide bonds. The number of rotatable bonds is 8. The van der Waals surface area contributed by atoms with Crippen LogP contribution >= 0.6 is 0 Å². The van der Waals surface area contributed by atoms with Crippen molar-refractivity contribution < 1.29 is 23.8 Å². The molecule has 3 rings (SSSR count). The van der Waals surface area contributed by atoms with Crippen LogP contribution in [0.15, 0.2) is 24.3 Å². The second kappa shape index (κ2) is 9.13. The van der Waals surface area contributed by atoms with Gasteiger partial charge in [0.1, 0.15) is 11.5 Å². The maximum Gasteiger partial charge on any atom is 0.331 e. The number of nitrogens with one attached hydrogen (secondary N) is 1. The zero-order valence-corrected chi connectivity index (χ0v) is 16.8. The van der Waals surface area contributed by atoms with Crippen LogP contribution in [0.25, 0.3) is 6.08 Å². The Labute approximate surface area is 166 Å². The lowest BCUT2D eigenvalue weighted by Gasteiger charge is -2.28. The number of esters is 1. The Bertz CT molecular complexity index is 744. The van der Waals surface area contributed by atoms with Crippen LogP contribution in [0.4, 0.5) is 0 Å². The summed E-state index contributed by atoms with van der Waals surface area (Å²) in [6.45, 7) is 1.79. The van der Waals surface area contributed by atoms with E-state index in [1.165, 1.54) is 31.8 Å². The smallest absolute Gasteiger partial charge is 0.331 e. The monoisotopic (exact) mass is 387 g/mol. The van der Waals surface area contributed by atoms with Crippen molar-refractivity contribution in [3.63, 3.8) is 0 Å². The van der Waals surface area contributed by atoms with Crippen LogP contribution in [0.1, 0.15) is 38.2 Å². The molecule has 0 saturated heterocycles. The molecule has 2 saturated carbocycles. The average molecular weight is 387 g/mol. The normalized spacial score (nSPS) is 24.2. The fraction of sp³-hybridized carbons (Fsp3) is 0.545. The van der Waals surface area contributed by atoms with Crippen molar-refractivity contribution in [3.8, 4) is 11.5 Å². The molecule has 0 radical (unpaired) electrons. The number of carbonyl (C=O) groups is 2. The average Bonchev–Trinajstić information content (AvgIpc) is 3.34. The third-order valence-electron chi connectivity index (χ3n) is 6.01. The van der Waals surface area contributed by atoms with Gasteiger partial charge in [-0.25, -0.2) is 4.79 Å². The predicted octanol–water partition coefficient (Wildman–Crippen LogP) is 3.20. The summed E-state index contributed by atoms with van der Waals surface area (Å²) in [5, 5.41) is 2.99. The summed E-state index contributed by atoms with van der Waals surface area (Å²) in [6.07, 6.45) is 8.01. The Hall–Kier alpha value is -2.50. The fourth-order valence-electron chi connectivity index (χ4n) is 4.61. The summed E-state index contributed by atoms with van der Waals surface area (Å²) in [6, 6.07) is 5.42. The minimum atomic E-state index is -0.569. The molecule has 4 atom stereocenters. The second-order valence-electron chi connectivity index (χ2n) is 7.74. The number of hydrogen-bond donors (Lipinski definition) is 1. The van der Waals surface area contributed by atoms with Gasteiger partial charge in [0.2, 0.25) is 0 Å². The maximum atomic E-state index is 12.1. The topological polar surface area (TPSA) is 73.9 Å². The second-order valence-corrected chi connectivity index (χ2v) is 7.74. The van der Waals surface area contributed by atoms with Gasteiger partial charge in [-0.05, 0) is 62.1 Å². The molecular formula is C22H29NO5. The lowest BCUT2D eigenvalue weighted by Crippen LogP contribution is -2.41. The van der Waals surface area contributed by atoms with Gasteiger partial charge < -0.3 is 19.5 Å². The van der Waals surface area contributed by atoms with Gasteiger partial charge in [0.25, 0.3) is 5.91 Å². The molecule has 0 heterocycles. The minimum absolute atomic E-state index is 0.126. The predicted molar refractivity (Wildman–Crippen MR) is 106 cm³/mol. The van der Waals surface area contributed by atoms with E-state index in [0.29, 0.717) is 17.4 Å². The number of fused-ring (bicyclic) bond motifs is 2. The van der Waals surface area contributed by atoms with E-state index in [4.69, 9.17) is 14.2 Å². The first kappa shape index (κ1) is 20.2. The number of benzene rings is 1. The quantitative estimate of drug-likeness (QED) is 0.548. The minimum Gasteiger partial charge on any atom is -0.497 e. The van der Waals surface area contributed by atoms with E-state index < -0.39 is 5.97 Å². The molecule has 1 aromatic carbocycles. The van der Waals surface area contributed by atoms with Gasteiger partial charge in [0.05, 0.1) is 14.2 Å². The number of carbonyl (C=O) groups excluding carboxylic acids is 2. The van der Waals surface area contributed by atoms with Crippen LogP contribution < -0.4 is 14.8 Å². The highest BCUT2D eigenvalue weighted by Gasteiger charge is 2.42. The molecule has 2 aliphatic carbocycles. The van der Waals surface area contributed by atoms with Gasteiger partial charge in [0, 0.05) is 23.7 Å². The molecule has 1 aromatic rings. The van der Waals surface area contributed by atoms with E-state index in [9.17, 15) is 9.59 Å². The van der Waals surface area contributed by atoms with Crippen molar-refractivity contribution in [2.24, 2.45) is 17.8 Å². The molecular weight excluding hydrogens is 358 g/mol. The highest BCUT2D eigenvalue weighted by molar-refractivity contribution is 5.89. The van der Waals surface area contributed by atoms with Crippen molar-refractivity contribution >= 4 is 18.0 Å². The first-order valence-corrected chi connectivity index (χ1v) is 9.86. The van der Waals surface area contributed by atoms with Gasteiger partial charge in [-0.3, -0.25) is 4.79 Å². The van der Waals surface area contributed by atoms with Gasteiger partial charge in [0.15, 0.2) is 6.61 Å². The molecule has 152 valence electrons. The molecule has 6 nitrogen and oxygen atoms in total. The lowest BCUT2D eigenvalue weighted by atomic mass is 9.84. The molecule has 4 unspecified atom stereocenters. The highest BCUT2D eigenvalue weighted by atomic mass is 16.5. The van der Waals surface area contributed by atoms with Gasteiger partial charge in [-0.2, -0.15) is 0 Å². The third-order valence-corrected chi connectivity index (χ3v) is 6.01. The van der Waals surface area contributed by atoms with Crippen LogP contribution in [0.3, 0.4) is 0 Å².